The fraction of sp³-hybridized carbons (Fsp3) is 0.562. The molecule has 0 saturated carbocycles. The fourth-order valence-corrected chi connectivity index (χ4v) is 2.57. The largest absolute Gasteiger partial charge is 0.331 e. The van der Waals surface area contributed by atoms with Crippen molar-refractivity contribution in [1.29, 1.82) is 0 Å². The van der Waals surface area contributed by atoms with E-state index in [1.54, 1.807) is 0 Å². The van der Waals surface area contributed by atoms with Gasteiger partial charge in [0, 0.05) is 13.1 Å². The van der Waals surface area contributed by atoms with E-state index < -0.39 is 0 Å². The average Bonchev–Trinajstić information content (AvgIpc) is 2.67. The van der Waals surface area contributed by atoms with Gasteiger partial charge in [-0.05, 0) is 32.3 Å². The van der Waals surface area contributed by atoms with Gasteiger partial charge >= 0.3 is 6.03 Å². The Kier molecular flexibility index (Phi) is 4.83. The molecule has 1 aromatic carbocycles. The van der Waals surface area contributed by atoms with Gasteiger partial charge in [-0.3, -0.25) is 0 Å². The third kappa shape index (κ3) is 3.98. The summed E-state index contributed by atoms with van der Waals surface area (Å²) >= 11 is 0. The number of hydrogen-bond acceptors (Lipinski definition) is 1. The second-order valence-electron chi connectivity index (χ2n) is 5.49. The van der Waals surface area contributed by atoms with Gasteiger partial charge in [0.1, 0.15) is 0 Å². The van der Waals surface area contributed by atoms with E-state index in [1.807, 2.05) is 17.9 Å². The van der Waals surface area contributed by atoms with Crippen LogP contribution >= 0.6 is 0 Å². The van der Waals surface area contributed by atoms with Gasteiger partial charge in [-0.1, -0.05) is 42.7 Å². The molecule has 3 nitrogen and oxygen atoms in total. The zero-order chi connectivity index (χ0) is 13.7. The standard InChI is InChI=1S/C16H24N2O/c1-13-8-7-9-15(12-13)14(2)17-16(19)18-10-5-3-4-6-11-18/h7-9,12,14H,3-6,10-11H2,1-2H3,(H,17,19). The molecule has 1 aliphatic heterocycles. The SMILES string of the molecule is Cc1cccc(C(C)NC(=O)N2CCCCCC2)c1. The molecule has 0 spiro atoms. The molecular formula is C16H24N2O. The van der Waals surface area contributed by atoms with Crippen LogP contribution in [0.1, 0.15) is 49.8 Å². The monoisotopic (exact) mass is 260 g/mol. The minimum Gasteiger partial charge on any atom is -0.331 e. The number of benzene rings is 1. The Morgan fingerprint density at radius 2 is 1.89 bits per heavy atom. The molecule has 2 amide bonds. The number of likely N-dealkylation sites (tertiary alicyclic amines) is 1. The molecule has 104 valence electrons. The summed E-state index contributed by atoms with van der Waals surface area (Å²) in [6, 6.07) is 8.46. The molecule has 1 heterocycles. The molecule has 0 aromatic heterocycles. The normalized spacial score (nSPS) is 17.7. The Balaban J connectivity index is 1.94. The van der Waals surface area contributed by atoms with Crippen LogP contribution < -0.4 is 5.32 Å². The van der Waals surface area contributed by atoms with Crippen molar-refractivity contribution in [2.24, 2.45) is 0 Å². The summed E-state index contributed by atoms with van der Waals surface area (Å²) in [6.45, 7) is 5.91. The van der Waals surface area contributed by atoms with Gasteiger partial charge in [0.25, 0.3) is 0 Å². The Labute approximate surface area is 116 Å². The van der Waals surface area contributed by atoms with Crippen molar-refractivity contribution in [3.05, 3.63) is 35.4 Å². The van der Waals surface area contributed by atoms with Crippen LogP contribution in [0, 0.1) is 6.92 Å². The van der Waals surface area contributed by atoms with Crippen LogP contribution in [-0.4, -0.2) is 24.0 Å². The first-order valence-corrected chi connectivity index (χ1v) is 7.29. The van der Waals surface area contributed by atoms with E-state index in [-0.39, 0.29) is 12.1 Å². The van der Waals surface area contributed by atoms with E-state index in [1.165, 1.54) is 24.0 Å². The molecular weight excluding hydrogens is 236 g/mol. The van der Waals surface area contributed by atoms with E-state index in [4.69, 9.17) is 0 Å². The molecule has 3 heteroatoms. The summed E-state index contributed by atoms with van der Waals surface area (Å²) in [4.78, 5) is 14.2. The number of amides is 2. The van der Waals surface area contributed by atoms with Gasteiger partial charge in [-0.2, -0.15) is 0 Å². The summed E-state index contributed by atoms with van der Waals surface area (Å²) in [5, 5.41) is 3.11. The summed E-state index contributed by atoms with van der Waals surface area (Å²) in [6.07, 6.45) is 4.76. The van der Waals surface area contributed by atoms with E-state index in [2.05, 4.69) is 30.4 Å². The van der Waals surface area contributed by atoms with Gasteiger partial charge in [-0.15, -0.1) is 0 Å². The predicted molar refractivity (Wildman–Crippen MR) is 78.2 cm³/mol. The maximum Gasteiger partial charge on any atom is 0.317 e. The second-order valence-corrected chi connectivity index (χ2v) is 5.49. The lowest BCUT2D eigenvalue weighted by Crippen LogP contribution is -2.41. The van der Waals surface area contributed by atoms with Crippen LogP contribution in [0.3, 0.4) is 0 Å². The Bertz CT molecular complexity index is 423. The minimum absolute atomic E-state index is 0.0654. The van der Waals surface area contributed by atoms with Gasteiger partial charge in [0.05, 0.1) is 6.04 Å². The lowest BCUT2D eigenvalue weighted by molar-refractivity contribution is 0.196. The fourth-order valence-electron chi connectivity index (χ4n) is 2.57. The van der Waals surface area contributed by atoms with Crippen molar-refractivity contribution in [3.8, 4) is 0 Å². The summed E-state index contributed by atoms with van der Waals surface area (Å²) in [7, 11) is 0. The molecule has 1 atom stereocenters. The highest BCUT2D eigenvalue weighted by molar-refractivity contribution is 5.74. The van der Waals surface area contributed by atoms with E-state index in [0.717, 1.165) is 25.9 Å². The van der Waals surface area contributed by atoms with Crippen molar-refractivity contribution >= 4 is 6.03 Å². The number of aryl methyl sites for hydroxylation is 1. The number of nitrogens with zero attached hydrogens (tertiary/aromatic N) is 1. The molecule has 0 bridgehead atoms. The van der Waals surface area contributed by atoms with E-state index in [0.29, 0.717) is 0 Å². The molecule has 1 N–H and O–H groups in total. The van der Waals surface area contributed by atoms with Crippen LogP contribution in [0.25, 0.3) is 0 Å². The second kappa shape index (κ2) is 6.60. The molecule has 0 aliphatic carbocycles. The third-order valence-electron chi connectivity index (χ3n) is 3.78. The van der Waals surface area contributed by atoms with Crippen molar-refractivity contribution < 1.29 is 4.79 Å². The van der Waals surface area contributed by atoms with Crippen LogP contribution in [0.2, 0.25) is 0 Å². The first-order chi connectivity index (χ1) is 9.16. The summed E-state index contributed by atoms with van der Waals surface area (Å²) in [5.41, 5.74) is 2.40. The lowest BCUT2D eigenvalue weighted by atomic mass is 10.1. The molecule has 0 radical (unpaired) electrons. The zero-order valence-electron chi connectivity index (χ0n) is 12.0. The number of rotatable bonds is 2. The van der Waals surface area contributed by atoms with Gasteiger partial charge in [0.15, 0.2) is 0 Å². The van der Waals surface area contributed by atoms with E-state index in [9.17, 15) is 4.79 Å². The van der Waals surface area contributed by atoms with Crippen LogP contribution in [0.5, 0.6) is 0 Å². The number of nitrogens with one attached hydrogen (secondary N) is 1. The first kappa shape index (κ1) is 13.9. The number of carbonyl (C=O) groups is 1. The highest BCUT2D eigenvalue weighted by atomic mass is 16.2. The quantitative estimate of drug-likeness (QED) is 0.865. The highest BCUT2D eigenvalue weighted by Crippen LogP contribution is 2.15. The van der Waals surface area contributed by atoms with Gasteiger partial charge < -0.3 is 10.2 Å². The molecule has 1 fully saturated rings. The minimum atomic E-state index is 0.0654. The van der Waals surface area contributed by atoms with Crippen LogP contribution in [0.4, 0.5) is 4.79 Å². The molecule has 1 unspecified atom stereocenters. The first-order valence-electron chi connectivity index (χ1n) is 7.29. The Hall–Kier alpha value is -1.51. The van der Waals surface area contributed by atoms with Crippen LogP contribution in [-0.2, 0) is 0 Å². The Morgan fingerprint density at radius 3 is 2.53 bits per heavy atom. The van der Waals surface area contributed by atoms with Crippen LogP contribution in [0.15, 0.2) is 24.3 Å². The van der Waals surface area contributed by atoms with Crippen molar-refractivity contribution in [3.63, 3.8) is 0 Å². The third-order valence-corrected chi connectivity index (χ3v) is 3.78. The molecule has 1 aromatic rings. The maximum absolute atomic E-state index is 12.2. The lowest BCUT2D eigenvalue weighted by Gasteiger charge is -2.24. The van der Waals surface area contributed by atoms with Gasteiger partial charge in [-0.25, -0.2) is 4.79 Å². The highest BCUT2D eigenvalue weighted by Gasteiger charge is 2.17. The smallest absolute Gasteiger partial charge is 0.317 e. The zero-order valence-corrected chi connectivity index (χ0v) is 12.0. The maximum atomic E-state index is 12.2. The summed E-state index contributed by atoms with van der Waals surface area (Å²) in [5.74, 6) is 0. The number of urea groups is 1. The van der Waals surface area contributed by atoms with Crippen molar-refractivity contribution in [2.75, 3.05) is 13.1 Å². The van der Waals surface area contributed by atoms with Crippen molar-refractivity contribution in [2.45, 2.75) is 45.6 Å². The molecule has 2 rings (SSSR count). The van der Waals surface area contributed by atoms with Gasteiger partial charge in [0.2, 0.25) is 0 Å². The Morgan fingerprint density at radius 1 is 1.21 bits per heavy atom. The molecule has 19 heavy (non-hydrogen) atoms. The number of carbonyl (C=O) groups excluding carboxylic acids is 1. The average molecular weight is 260 g/mol. The molecule has 1 saturated heterocycles. The number of hydrogen-bond donors (Lipinski definition) is 1. The topological polar surface area (TPSA) is 32.3 Å². The van der Waals surface area contributed by atoms with E-state index >= 15 is 0 Å². The predicted octanol–water partition coefficient (Wildman–Crippen LogP) is 3.64. The van der Waals surface area contributed by atoms with Crippen molar-refractivity contribution in [1.82, 2.24) is 10.2 Å². The summed E-state index contributed by atoms with van der Waals surface area (Å²) < 4.78 is 0. The molecule has 1 aliphatic rings.